The summed E-state index contributed by atoms with van der Waals surface area (Å²) in [5.41, 5.74) is 16.0. The first-order valence-electron chi connectivity index (χ1n) is 19.5. The predicted molar refractivity (Wildman–Crippen MR) is 239 cm³/mol. The molecule has 3 heteroatoms. The third-order valence-corrected chi connectivity index (χ3v) is 11.7. The Bertz CT molecular complexity index is 3490. The molecule has 9 aromatic carbocycles. The number of aromatic nitrogens is 2. The Balaban J connectivity index is 0.936. The lowest BCUT2D eigenvalue weighted by atomic mass is 10.00. The molecule has 0 spiro atoms. The van der Waals surface area contributed by atoms with Crippen LogP contribution in [0, 0.1) is 0 Å². The van der Waals surface area contributed by atoms with E-state index in [0.29, 0.717) is 0 Å². The zero-order valence-electron chi connectivity index (χ0n) is 30.9. The molecule has 0 aliphatic rings. The molecule has 0 saturated carbocycles. The lowest BCUT2D eigenvalue weighted by Crippen LogP contribution is -1.94. The van der Waals surface area contributed by atoms with Crippen LogP contribution >= 0.6 is 0 Å². The van der Waals surface area contributed by atoms with E-state index in [4.69, 9.17) is 4.42 Å². The van der Waals surface area contributed by atoms with E-state index in [9.17, 15) is 0 Å². The van der Waals surface area contributed by atoms with Crippen molar-refractivity contribution in [1.82, 2.24) is 9.13 Å². The van der Waals surface area contributed by atoms with Crippen LogP contribution in [0.5, 0.6) is 0 Å². The molecule has 0 amide bonds. The molecular formula is C54H34N2O. The molecule has 0 N–H and O–H groups in total. The summed E-state index contributed by atoms with van der Waals surface area (Å²) in [5, 5.41) is 7.22. The number of fused-ring (bicyclic) bond motifs is 9. The normalized spacial score (nSPS) is 11.9. The molecule has 266 valence electrons. The number of benzene rings is 9. The molecule has 12 rings (SSSR count). The van der Waals surface area contributed by atoms with Crippen molar-refractivity contribution in [2.45, 2.75) is 0 Å². The fraction of sp³-hybridized carbons (Fsp3) is 0. The van der Waals surface area contributed by atoms with E-state index in [1.165, 1.54) is 77.0 Å². The van der Waals surface area contributed by atoms with Crippen LogP contribution in [0.2, 0.25) is 0 Å². The second-order valence-corrected chi connectivity index (χ2v) is 14.9. The van der Waals surface area contributed by atoms with Gasteiger partial charge in [0.2, 0.25) is 0 Å². The third-order valence-electron chi connectivity index (χ3n) is 11.7. The van der Waals surface area contributed by atoms with Crippen LogP contribution in [0.4, 0.5) is 0 Å². The maximum Gasteiger partial charge on any atom is 0.137 e. The summed E-state index contributed by atoms with van der Waals surface area (Å²) >= 11 is 0. The molecule has 0 bridgehead atoms. The average molecular weight is 727 g/mol. The maximum atomic E-state index is 6.31. The molecule has 0 unspecified atom stereocenters. The molecule has 3 aromatic heterocycles. The highest BCUT2D eigenvalue weighted by Crippen LogP contribution is 2.39. The highest BCUT2D eigenvalue weighted by atomic mass is 16.3. The van der Waals surface area contributed by atoms with E-state index in [0.717, 1.165) is 33.3 Å². The van der Waals surface area contributed by atoms with Crippen molar-refractivity contribution in [2.75, 3.05) is 0 Å². The van der Waals surface area contributed by atoms with E-state index in [2.05, 4.69) is 203 Å². The van der Waals surface area contributed by atoms with Crippen LogP contribution in [0.3, 0.4) is 0 Å². The Morgan fingerprint density at radius 2 is 0.667 bits per heavy atom. The number of rotatable bonds is 5. The van der Waals surface area contributed by atoms with Crippen molar-refractivity contribution in [3.8, 4) is 44.8 Å². The van der Waals surface area contributed by atoms with Crippen molar-refractivity contribution < 1.29 is 4.42 Å². The van der Waals surface area contributed by atoms with Crippen molar-refractivity contribution in [3.05, 3.63) is 206 Å². The van der Waals surface area contributed by atoms with Gasteiger partial charge in [-0.1, -0.05) is 133 Å². The first-order valence-corrected chi connectivity index (χ1v) is 19.5. The van der Waals surface area contributed by atoms with Crippen LogP contribution in [-0.2, 0) is 0 Å². The third kappa shape index (κ3) is 4.99. The number of hydrogen-bond acceptors (Lipinski definition) is 1. The number of furan rings is 1. The molecule has 0 aliphatic heterocycles. The number of nitrogens with zero attached hydrogens (tertiary/aromatic N) is 2. The Morgan fingerprint density at radius 1 is 0.246 bits per heavy atom. The Kier molecular flexibility index (Phi) is 6.93. The van der Waals surface area contributed by atoms with Gasteiger partial charge in [0.15, 0.2) is 0 Å². The minimum absolute atomic E-state index is 0.897. The molecule has 0 radical (unpaired) electrons. The molecule has 0 fully saturated rings. The van der Waals surface area contributed by atoms with E-state index >= 15 is 0 Å². The lowest BCUT2D eigenvalue weighted by molar-refractivity contribution is 0.668. The Labute approximate surface area is 328 Å². The van der Waals surface area contributed by atoms with Gasteiger partial charge in [0, 0.05) is 49.8 Å². The smallest absolute Gasteiger partial charge is 0.137 e. The van der Waals surface area contributed by atoms with Crippen LogP contribution in [0.25, 0.3) is 110 Å². The van der Waals surface area contributed by atoms with E-state index < -0.39 is 0 Å². The average Bonchev–Trinajstić information content (AvgIpc) is 3.94. The fourth-order valence-corrected chi connectivity index (χ4v) is 9.00. The van der Waals surface area contributed by atoms with Crippen LogP contribution in [-0.4, -0.2) is 9.13 Å². The highest BCUT2D eigenvalue weighted by molar-refractivity contribution is 6.13. The zero-order chi connectivity index (χ0) is 37.5. The zero-order valence-corrected chi connectivity index (χ0v) is 30.9. The fourth-order valence-electron chi connectivity index (χ4n) is 9.00. The van der Waals surface area contributed by atoms with Gasteiger partial charge in [-0.05, 0) is 100 Å². The maximum absolute atomic E-state index is 6.31. The summed E-state index contributed by atoms with van der Waals surface area (Å²) in [6.45, 7) is 0. The lowest BCUT2D eigenvalue weighted by Gasteiger charge is -2.11. The van der Waals surface area contributed by atoms with Crippen LogP contribution in [0.15, 0.2) is 211 Å². The summed E-state index contributed by atoms with van der Waals surface area (Å²) in [7, 11) is 0. The van der Waals surface area contributed by atoms with Gasteiger partial charge < -0.3 is 13.6 Å². The topological polar surface area (TPSA) is 23.0 Å². The minimum atomic E-state index is 0.897. The van der Waals surface area contributed by atoms with Gasteiger partial charge in [0.25, 0.3) is 0 Å². The van der Waals surface area contributed by atoms with Crippen molar-refractivity contribution >= 4 is 65.6 Å². The first-order chi connectivity index (χ1) is 28.2. The van der Waals surface area contributed by atoms with Crippen LogP contribution in [0.1, 0.15) is 0 Å². The summed E-state index contributed by atoms with van der Waals surface area (Å²) in [6, 6.07) is 74.5. The second-order valence-electron chi connectivity index (χ2n) is 14.9. The monoisotopic (exact) mass is 726 g/mol. The van der Waals surface area contributed by atoms with E-state index in [-0.39, 0.29) is 0 Å². The molecule has 12 aromatic rings. The molecule has 0 aliphatic carbocycles. The van der Waals surface area contributed by atoms with E-state index in [1.54, 1.807) is 0 Å². The van der Waals surface area contributed by atoms with Gasteiger partial charge in [0.05, 0.1) is 22.1 Å². The molecule has 3 heterocycles. The minimum Gasteiger partial charge on any atom is -0.456 e. The van der Waals surface area contributed by atoms with Crippen molar-refractivity contribution in [1.29, 1.82) is 0 Å². The van der Waals surface area contributed by atoms with Gasteiger partial charge in [0.1, 0.15) is 11.2 Å². The quantitative estimate of drug-likeness (QED) is 0.173. The standard InChI is InChI=1S/C54H34N2O/c1-2-10-35(11-3-1)36-18-20-37(21-19-36)38-22-26-41(27-23-38)55-49-15-7-4-12-43(49)47-32-39(24-30-51(47)55)40-25-31-52-48(33-40)44-13-5-8-16-50(44)56(52)42-28-29-46-45-14-6-9-17-53(45)57-54(46)34-42/h1-34H. The Morgan fingerprint density at radius 3 is 1.28 bits per heavy atom. The van der Waals surface area contributed by atoms with E-state index in [1.807, 2.05) is 12.1 Å². The van der Waals surface area contributed by atoms with Gasteiger partial charge in [-0.15, -0.1) is 0 Å². The number of hydrogen-bond donors (Lipinski definition) is 0. The second kappa shape index (κ2) is 12.5. The summed E-state index contributed by atoms with van der Waals surface area (Å²) in [4.78, 5) is 0. The highest BCUT2D eigenvalue weighted by Gasteiger charge is 2.17. The Hall–Kier alpha value is -7.62. The summed E-state index contributed by atoms with van der Waals surface area (Å²) in [6.07, 6.45) is 0. The van der Waals surface area contributed by atoms with Gasteiger partial charge in [-0.3, -0.25) is 0 Å². The summed E-state index contributed by atoms with van der Waals surface area (Å²) < 4.78 is 11.1. The molecule has 57 heavy (non-hydrogen) atoms. The molecular weight excluding hydrogens is 693 g/mol. The SMILES string of the molecule is c1ccc(-c2ccc(-c3ccc(-n4c5ccccc5c5cc(-c6ccc7c(c6)c6ccccc6n7-c6ccc7c(c6)oc6ccccc67)ccc54)cc3)cc2)cc1. The predicted octanol–water partition coefficient (Wildman–Crippen LogP) is 14.8. The van der Waals surface area contributed by atoms with Crippen LogP contribution < -0.4 is 0 Å². The first kappa shape index (κ1) is 31.7. The molecule has 3 nitrogen and oxygen atoms in total. The largest absolute Gasteiger partial charge is 0.456 e. The van der Waals surface area contributed by atoms with Gasteiger partial charge in [-0.25, -0.2) is 0 Å². The molecule has 0 atom stereocenters. The van der Waals surface area contributed by atoms with Gasteiger partial charge >= 0.3 is 0 Å². The van der Waals surface area contributed by atoms with Gasteiger partial charge in [-0.2, -0.15) is 0 Å². The van der Waals surface area contributed by atoms with Crippen molar-refractivity contribution in [2.24, 2.45) is 0 Å². The van der Waals surface area contributed by atoms with Crippen molar-refractivity contribution in [3.63, 3.8) is 0 Å². The number of para-hydroxylation sites is 3. The molecule has 0 saturated heterocycles. The summed E-state index contributed by atoms with van der Waals surface area (Å²) in [5.74, 6) is 0.